The van der Waals surface area contributed by atoms with E-state index in [1.54, 1.807) is 13.0 Å². The van der Waals surface area contributed by atoms with Crippen molar-refractivity contribution >= 4 is 17.5 Å². The average molecular weight is 463 g/mol. The topological polar surface area (TPSA) is 101 Å². The van der Waals surface area contributed by atoms with Gasteiger partial charge < -0.3 is 14.9 Å². The van der Waals surface area contributed by atoms with E-state index in [2.05, 4.69) is 0 Å². The number of rotatable bonds is 5. The molecule has 0 bridgehead atoms. The molecule has 2 unspecified atom stereocenters. The Labute approximate surface area is 194 Å². The summed E-state index contributed by atoms with van der Waals surface area (Å²) in [6, 6.07) is 0. The van der Waals surface area contributed by atoms with Crippen LogP contribution >= 0.6 is 0 Å². The van der Waals surface area contributed by atoms with Crippen LogP contribution in [0, 0.1) is 28.6 Å². The largest absolute Gasteiger partial charge is 0.450 e. The van der Waals surface area contributed by atoms with E-state index in [1.807, 2.05) is 20.8 Å². The third-order valence-electron chi connectivity index (χ3n) is 9.47. The fraction of sp³-hybridized carbons (Fsp3) is 0.731. The molecule has 3 saturated carbocycles. The Hall–Kier alpha value is -1.86. The normalized spacial score (nSPS) is 46.2. The summed E-state index contributed by atoms with van der Waals surface area (Å²) in [5.41, 5.74) is -5.10. The number of alkyl halides is 1. The van der Waals surface area contributed by atoms with Crippen LogP contribution in [0.25, 0.3) is 0 Å². The fourth-order valence-electron chi connectivity index (χ4n) is 7.95. The molecular weight excluding hydrogens is 427 g/mol. The third-order valence-corrected chi connectivity index (χ3v) is 9.47. The van der Waals surface area contributed by atoms with Crippen molar-refractivity contribution in [2.45, 2.75) is 83.6 Å². The van der Waals surface area contributed by atoms with Crippen molar-refractivity contribution < 1.29 is 33.7 Å². The van der Waals surface area contributed by atoms with E-state index in [-0.39, 0.29) is 24.5 Å². The summed E-state index contributed by atoms with van der Waals surface area (Å²) in [7, 11) is 0. The number of Topliss-reactive ketones (excluding diaryl/α,β-unsaturated/α-hetero) is 1. The quantitative estimate of drug-likeness (QED) is 0.609. The molecule has 8 atom stereocenters. The second kappa shape index (κ2) is 7.84. The molecule has 0 aromatic heterocycles. The Kier molecular flexibility index (Phi) is 5.77. The van der Waals surface area contributed by atoms with E-state index in [9.17, 15) is 24.6 Å². The first-order chi connectivity index (χ1) is 15.4. The van der Waals surface area contributed by atoms with Gasteiger partial charge in [-0.2, -0.15) is 0 Å². The summed E-state index contributed by atoms with van der Waals surface area (Å²) >= 11 is 0. The lowest BCUT2D eigenvalue weighted by Crippen LogP contribution is -2.70. The molecule has 0 aromatic rings. The van der Waals surface area contributed by atoms with Gasteiger partial charge in [-0.15, -0.1) is 0 Å². The molecular formula is C26H35FO6. The molecule has 4 aliphatic rings. The Morgan fingerprint density at radius 3 is 2.61 bits per heavy atom. The SMILES string of the molecule is CCCC(=O)O[C@]1(C(=O)CO)C(C)C[C@H]2[C@@H]3CCC4=CC(=O)C=C[C@]4(C)[C@@]3(F)C(O)C[C@@]21C. The van der Waals surface area contributed by atoms with E-state index in [0.717, 1.165) is 0 Å². The van der Waals surface area contributed by atoms with Crippen molar-refractivity contribution in [3.05, 3.63) is 23.8 Å². The van der Waals surface area contributed by atoms with E-state index in [0.29, 0.717) is 31.3 Å². The molecule has 3 fully saturated rings. The molecule has 0 aliphatic heterocycles. The zero-order valence-corrected chi connectivity index (χ0v) is 19.9. The van der Waals surface area contributed by atoms with Crippen LogP contribution in [-0.2, 0) is 19.1 Å². The molecule has 7 heteroatoms. The van der Waals surface area contributed by atoms with Gasteiger partial charge in [0.05, 0.1) is 6.10 Å². The summed E-state index contributed by atoms with van der Waals surface area (Å²) < 4.78 is 23.1. The highest BCUT2D eigenvalue weighted by atomic mass is 19.1. The second-order valence-electron chi connectivity index (χ2n) is 10.9. The van der Waals surface area contributed by atoms with Crippen molar-refractivity contribution in [3.8, 4) is 0 Å². The first-order valence-electron chi connectivity index (χ1n) is 12.1. The van der Waals surface area contributed by atoms with Gasteiger partial charge in [0.2, 0.25) is 5.78 Å². The standard InChI is InChI=1S/C26H35FO6/c1-5-6-22(32)33-26(21(31)14-28)15(2)11-19-18-8-7-16-12-17(29)9-10-23(16,3)25(18,27)20(30)13-24(19,26)4/h9-10,12,15,18-20,28,30H,5-8,11,13-14H2,1-4H3/t15?,18-,19-,20?,23-,24-,25-,26-/m0/s1. The summed E-state index contributed by atoms with van der Waals surface area (Å²) in [6.45, 7) is 6.42. The van der Waals surface area contributed by atoms with Crippen LogP contribution in [0.3, 0.4) is 0 Å². The highest BCUT2D eigenvalue weighted by Crippen LogP contribution is 2.71. The molecule has 0 aromatic carbocycles. The molecule has 2 N–H and O–H groups in total. The molecule has 0 amide bonds. The zero-order valence-electron chi connectivity index (χ0n) is 19.9. The Morgan fingerprint density at radius 2 is 1.97 bits per heavy atom. The predicted molar refractivity (Wildman–Crippen MR) is 119 cm³/mol. The number of ether oxygens (including phenoxy) is 1. The van der Waals surface area contributed by atoms with E-state index in [4.69, 9.17) is 4.74 Å². The van der Waals surface area contributed by atoms with Crippen molar-refractivity contribution in [1.82, 2.24) is 0 Å². The lowest BCUT2D eigenvalue weighted by atomic mass is 9.44. The first kappa shape index (κ1) is 24.3. The van der Waals surface area contributed by atoms with Crippen LogP contribution in [0.5, 0.6) is 0 Å². The van der Waals surface area contributed by atoms with Gasteiger partial charge in [-0.25, -0.2) is 4.39 Å². The Balaban J connectivity index is 1.83. The van der Waals surface area contributed by atoms with E-state index in [1.165, 1.54) is 12.2 Å². The number of ketones is 2. The van der Waals surface area contributed by atoms with E-state index >= 15 is 4.39 Å². The van der Waals surface area contributed by atoms with Gasteiger partial charge >= 0.3 is 5.97 Å². The summed E-state index contributed by atoms with van der Waals surface area (Å²) in [5.74, 6) is -2.65. The van der Waals surface area contributed by atoms with Crippen LogP contribution in [0.15, 0.2) is 23.8 Å². The molecule has 0 saturated heterocycles. The van der Waals surface area contributed by atoms with Crippen molar-refractivity contribution in [2.24, 2.45) is 28.6 Å². The van der Waals surface area contributed by atoms with Gasteiger partial charge in [0.1, 0.15) is 6.61 Å². The number of fused-ring (bicyclic) bond motifs is 5. The van der Waals surface area contributed by atoms with Gasteiger partial charge in [-0.3, -0.25) is 14.4 Å². The average Bonchev–Trinajstić information content (AvgIpc) is 2.97. The maximum Gasteiger partial charge on any atom is 0.306 e. The minimum atomic E-state index is -2.02. The maximum absolute atomic E-state index is 17.2. The highest BCUT2D eigenvalue weighted by molar-refractivity contribution is 6.01. The molecule has 4 aliphatic carbocycles. The molecule has 0 heterocycles. The second-order valence-corrected chi connectivity index (χ2v) is 10.9. The van der Waals surface area contributed by atoms with Crippen LogP contribution in [0.1, 0.15) is 66.2 Å². The lowest BCUT2D eigenvalue weighted by Gasteiger charge is -2.62. The molecule has 6 nitrogen and oxygen atoms in total. The summed E-state index contributed by atoms with van der Waals surface area (Å²) in [5, 5.41) is 21.3. The summed E-state index contributed by atoms with van der Waals surface area (Å²) in [6.07, 6.45) is 5.02. The molecule has 182 valence electrons. The number of carbonyl (C=O) groups is 3. The number of hydrogen-bond donors (Lipinski definition) is 2. The minimum Gasteiger partial charge on any atom is -0.450 e. The molecule has 0 spiro atoms. The van der Waals surface area contributed by atoms with Gasteiger partial charge in [0, 0.05) is 29.1 Å². The van der Waals surface area contributed by atoms with Crippen molar-refractivity contribution in [1.29, 1.82) is 0 Å². The molecule has 33 heavy (non-hydrogen) atoms. The van der Waals surface area contributed by atoms with Crippen LogP contribution in [-0.4, -0.2) is 51.7 Å². The number of halogens is 1. The minimum absolute atomic E-state index is 0.0786. The number of aliphatic hydroxyl groups excluding tert-OH is 2. The number of esters is 1. The van der Waals surface area contributed by atoms with Crippen molar-refractivity contribution in [2.75, 3.05) is 6.61 Å². The lowest BCUT2D eigenvalue weighted by molar-refractivity contribution is -0.228. The van der Waals surface area contributed by atoms with E-state index < -0.39 is 58.4 Å². The van der Waals surface area contributed by atoms with Crippen LogP contribution < -0.4 is 0 Å². The zero-order chi connectivity index (χ0) is 24.4. The van der Waals surface area contributed by atoms with Crippen LogP contribution in [0.2, 0.25) is 0 Å². The third kappa shape index (κ3) is 2.94. The number of hydrogen-bond acceptors (Lipinski definition) is 6. The smallest absolute Gasteiger partial charge is 0.306 e. The molecule has 4 rings (SSSR count). The van der Waals surface area contributed by atoms with Gasteiger partial charge in [0.25, 0.3) is 0 Å². The fourth-order valence-corrected chi connectivity index (χ4v) is 7.95. The predicted octanol–water partition coefficient (Wildman–Crippen LogP) is 3.25. The first-order valence-corrected chi connectivity index (χ1v) is 12.1. The van der Waals surface area contributed by atoms with Crippen LogP contribution in [0.4, 0.5) is 4.39 Å². The van der Waals surface area contributed by atoms with Gasteiger partial charge in [-0.1, -0.05) is 32.4 Å². The highest BCUT2D eigenvalue weighted by Gasteiger charge is 2.77. The van der Waals surface area contributed by atoms with Gasteiger partial charge in [-0.05, 0) is 57.1 Å². The number of allylic oxidation sites excluding steroid dienone is 4. The Bertz CT molecular complexity index is 941. The Morgan fingerprint density at radius 1 is 1.27 bits per heavy atom. The monoisotopic (exact) mass is 462 g/mol. The number of aliphatic hydroxyl groups is 2. The maximum atomic E-state index is 17.2. The number of carbonyl (C=O) groups excluding carboxylic acids is 3. The molecule has 0 radical (unpaired) electrons. The van der Waals surface area contributed by atoms with Crippen molar-refractivity contribution in [3.63, 3.8) is 0 Å². The summed E-state index contributed by atoms with van der Waals surface area (Å²) in [4.78, 5) is 37.9. The van der Waals surface area contributed by atoms with Gasteiger partial charge in [0.15, 0.2) is 17.1 Å².